The number of hydrogen-bond donors (Lipinski definition) is 6. The number of aliphatic carboxylic acids is 2. The fourth-order valence-corrected chi connectivity index (χ4v) is 1.78. The molecule has 11 heteroatoms. The normalized spacial score (nSPS) is 14.2. The van der Waals surface area contributed by atoms with E-state index in [0.717, 1.165) is 0 Å². The zero-order chi connectivity index (χ0) is 19.7. The van der Waals surface area contributed by atoms with Crippen molar-refractivity contribution < 1.29 is 34.2 Å². The minimum Gasteiger partial charge on any atom is -0.481 e. The van der Waals surface area contributed by atoms with E-state index in [-0.39, 0.29) is 12.3 Å². The first-order valence-corrected chi connectivity index (χ1v) is 7.54. The molecule has 0 saturated carbocycles. The summed E-state index contributed by atoms with van der Waals surface area (Å²) in [6, 6.07) is -3.85. The highest BCUT2D eigenvalue weighted by Crippen LogP contribution is 2.03. The van der Waals surface area contributed by atoms with Gasteiger partial charge in [0.1, 0.15) is 12.1 Å². The van der Waals surface area contributed by atoms with Crippen LogP contribution in [-0.4, -0.2) is 58.0 Å². The fourth-order valence-electron chi connectivity index (χ4n) is 1.78. The van der Waals surface area contributed by atoms with Crippen molar-refractivity contribution in [3.05, 3.63) is 0 Å². The lowest BCUT2D eigenvalue weighted by Crippen LogP contribution is -2.56. The van der Waals surface area contributed by atoms with Crippen LogP contribution in [0.3, 0.4) is 0 Å². The van der Waals surface area contributed by atoms with Crippen LogP contribution in [0.4, 0.5) is 0 Å². The highest BCUT2D eigenvalue weighted by Gasteiger charge is 2.29. The molecule has 0 fully saturated rings. The number of rotatable bonds is 11. The molecule has 0 aromatic heterocycles. The van der Waals surface area contributed by atoms with E-state index in [1.54, 1.807) is 13.8 Å². The SMILES string of the molecule is CC(C)C(N)C(=O)NC(CC(N)=O)C(=O)NC(CCC(=O)O)C(=O)O. The maximum absolute atomic E-state index is 12.2. The summed E-state index contributed by atoms with van der Waals surface area (Å²) >= 11 is 0. The van der Waals surface area contributed by atoms with Crippen LogP contribution >= 0.6 is 0 Å². The average molecular weight is 360 g/mol. The van der Waals surface area contributed by atoms with E-state index in [1.807, 2.05) is 0 Å². The van der Waals surface area contributed by atoms with Gasteiger partial charge < -0.3 is 32.3 Å². The molecule has 0 aliphatic carbocycles. The molecule has 11 nitrogen and oxygen atoms in total. The molecule has 0 rings (SSSR count). The van der Waals surface area contributed by atoms with Gasteiger partial charge in [-0.05, 0) is 12.3 Å². The molecule has 3 unspecified atom stereocenters. The summed E-state index contributed by atoms with van der Waals surface area (Å²) in [4.78, 5) is 56.9. The Morgan fingerprint density at radius 3 is 1.88 bits per heavy atom. The van der Waals surface area contributed by atoms with Gasteiger partial charge in [-0.15, -0.1) is 0 Å². The molecule has 0 aliphatic heterocycles. The minimum atomic E-state index is -1.49. The number of nitrogens with one attached hydrogen (secondary N) is 2. The fraction of sp³-hybridized carbons (Fsp3) is 0.643. The van der Waals surface area contributed by atoms with Gasteiger partial charge in [0.25, 0.3) is 0 Å². The third-order valence-corrected chi connectivity index (χ3v) is 3.32. The van der Waals surface area contributed by atoms with Crippen molar-refractivity contribution in [3.63, 3.8) is 0 Å². The Balaban J connectivity index is 5.08. The molecule has 0 spiro atoms. The Kier molecular flexibility index (Phi) is 9.13. The second-order valence-electron chi connectivity index (χ2n) is 5.83. The molecule has 3 amide bonds. The predicted molar refractivity (Wildman–Crippen MR) is 85.0 cm³/mol. The van der Waals surface area contributed by atoms with E-state index < -0.39 is 60.6 Å². The van der Waals surface area contributed by atoms with Crippen LogP contribution < -0.4 is 22.1 Å². The number of primary amides is 1. The van der Waals surface area contributed by atoms with Crippen LogP contribution in [0.25, 0.3) is 0 Å². The molecule has 8 N–H and O–H groups in total. The van der Waals surface area contributed by atoms with Crippen LogP contribution in [0.2, 0.25) is 0 Å². The Morgan fingerprint density at radius 2 is 1.48 bits per heavy atom. The standard InChI is InChI=1S/C14H24N4O7/c1-6(2)11(16)13(23)18-8(5-9(15)19)12(22)17-7(14(24)25)3-4-10(20)21/h6-8,11H,3-5,16H2,1-2H3,(H2,15,19)(H,17,22)(H,18,23)(H,20,21)(H,24,25). The molecule has 25 heavy (non-hydrogen) atoms. The summed E-state index contributed by atoms with van der Waals surface area (Å²) in [6.07, 6.45) is -1.41. The van der Waals surface area contributed by atoms with Crippen molar-refractivity contribution in [2.24, 2.45) is 17.4 Å². The predicted octanol–water partition coefficient (Wildman–Crippen LogP) is -2.24. The Labute approximate surface area is 144 Å². The molecule has 3 atom stereocenters. The van der Waals surface area contributed by atoms with Gasteiger partial charge in [-0.3, -0.25) is 19.2 Å². The Morgan fingerprint density at radius 1 is 0.960 bits per heavy atom. The lowest BCUT2D eigenvalue weighted by Gasteiger charge is -2.23. The van der Waals surface area contributed by atoms with Gasteiger partial charge in [0.2, 0.25) is 17.7 Å². The summed E-state index contributed by atoms with van der Waals surface area (Å²) in [5, 5.41) is 22.0. The van der Waals surface area contributed by atoms with Crippen LogP contribution in [0.5, 0.6) is 0 Å². The van der Waals surface area contributed by atoms with Crippen molar-refractivity contribution in [3.8, 4) is 0 Å². The largest absolute Gasteiger partial charge is 0.481 e. The smallest absolute Gasteiger partial charge is 0.326 e. The highest BCUT2D eigenvalue weighted by molar-refractivity contribution is 5.94. The average Bonchev–Trinajstić information content (AvgIpc) is 2.48. The van der Waals surface area contributed by atoms with Gasteiger partial charge >= 0.3 is 11.9 Å². The molecule has 0 heterocycles. The number of nitrogens with two attached hydrogens (primary N) is 2. The Bertz CT molecular complexity index is 535. The van der Waals surface area contributed by atoms with Crippen molar-refractivity contribution >= 4 is 29.7 Å². The minimum absolute atomic E-state index is 0.236. The van der Waals surface area contributed by atoms with Gasteiger partial charge in [-0.2, -0.15) is 0 Å². The first-order chi connectivity index (χ1) is 11.5. The summed E-state index contributed by atoms with van der Waals surface area (Å²) in [6.45, 7) is 3.36. The number of carboxylic acid groups (broad SMARTS) is 2. The van der Waals surface area contributed by atoms with E-state index in [1.165, 1.54) is 0 Å². The highest BCUT2D eigenvalue weighted by atomic mass is 16.4. The maximum atomic E-state index is 12.2. The quantitative estimate of drug-likeness (QED) is 0.237. The van der Waals surface area contributed by atoms with Crippen molar-refractivity contribution in [2.45, 2.75) is 51.2 Å². The van der Waals surface area contributed by atoms with E-state index in [2.05, 4.69) is 10.6 Å². The molecule has 0 aliphatic rings. The molecule has 0 bridgehead atoms. The summed E-state index contributed by atoms with van der Waals surface area (Å²) in [5.74, 6) is -5.48. The summed E-state index contributed by atoms with van der Waals surface area (Å²) in [5.41, 5.74) is 10.7. The van der Waals surface area contributed by atoms with Crippen LogP contribution in [0, 0.1) is 5.92 Å². The summed E-state index contributed by atoms with van der Waals surface area (Å²) < 4.78 is 0. The van der Waals surface area contributed by atoms with Crippen molar-refractivity contribution in [1.29, 1.82) is 0 Å². The monoisotopic (exact) mass is 360 g/mol. The van der Waals surface area contributed by atoms with E-state index in [9.17, 15) is 24.0 Å². The zero-order valence-electron chi connectivity index (χ0n) is 14.0. The van der Waals surface area contributed by atoms with Gasteiger partial charge in [-0.25, -0.2) is 4.79 Å². The second-order valence-corrected chi connectivity index (χ2v) is 5.83. The zero-order valence-corrected chi connectivity index (χ0v) is 14.0. The van der Waals surface area contributed by atoms with Crippen LogP contribution in [0.15, 0.2) is 0 Å². The molecule has 142 valence electrons. The van der Waals surface area contributed by atoms with Crippen LogP contribution in [-0.2, 0) is 24.0 Å². The number of carbonyl (C=O) groups excluding carboxylic acids is 3. The lowest BCUT2D eigenvalue weighted by molar-refractivity contribution is -0.143. The van der Waals surface area contributed by atoms with E-state index in [4.69, 9.17) is 21.7 Å². The van der Waals surface area contributed by atoms with Gasteiger partial charge in [-0.1, -0.05) is 13.8 Å². The number of hydrogen-bond acceptors (Lipinski definition) is 6. The summed E-state index contributed by atoms with van der Waals surface area (Å²) in [7, 11) is 0. The van der Waals surface area contributed by atoms with Gasteiger partial charge in [0.15, 0.2) is 0 Å². The topological polar surface area (TPSA) is 202 Å². The molecular formula is C14H24N4O7. The first kappa shape index (κ1) is 22.3. The molecule has 0 radical (unpaired) electrons. The molecule has 0 aromatic rings. The van der Waals surface area contributed by atoms with Gasteiger partial charge in [0, 0.05) is 6.42 Å². The van der Waals surface area contributed by atoms with Crippen LogP contribution in [0.1, 0.15) is 33.1 Å². The van der Waals surface area contributed by atoms with Crippen molar-refractivity contribution in [2.75, 3.05) is 0 Å². The third-order valence-electron chi connectivity index (χ3n) is 3.32. The molecule has 0 aromatic carbocycles. The first-order valence-electron chi connectivity index (χ1n) is 7.54. The number of carbonyl (C=O) groups is 5. The van der Waals surface area contributed by atoms with E-state index >= 15 is 0 Å². The number of amides is 3. The van der Waals surface area contributed by atoms with Crippen molar-refractivity contribution in [1.82, 2.24) is 10.6 Å². The van der Waals surface area contributed by atoms with Gasteiger partial charge in [0.05, 0.1) is 12.5 Å². The molecule has 0 saturated heterocycles. The molecular weight excluding hydrogens is 336 g/mol. The Hall–Kier alpha value is -2.69. The third kappa shape index (κ3) is 8.65. The van der Waals surface area contributed by atoms with E-state index in [0.29, 0.717) is 0 Å². The number of carboxylic acids is 2. The second kappa shape index (κ2) is 10.2. The maximum Gasteiger partial charge on any atom is 0.326 e. The lowest BCUT2D eigenvalue weighted by atomic mass is 10.0.